The van der Waals surface area contributed by atoms with Crippen LogP contribution in [0.25, 0.3) is 0 Å². The third-order valence-electron chi connectivity index (χ3n) is 3.28. The van der Waals surface area contributed by atoms with Crippen LogP contribution >= 0.6 is 15.9 Å². The molecule has 0 radical (unpaired) electrons. The zero-order valence-electron chi connectivity index (χ0n) is 12.0. The van der Waals surface area contributed by atoms with Crippen molar-refractivity contribution in [2.75, 3.05) is 6.61 Å². The normalized spacial score (nSPS) is 13.2. The molecule has 1 rings (SSSR count). The van der Waals surface area contributed by atoms with Crippen molar-refractivity contribution < 1.29 is 19.4 Å². The molecule has 0 amide bonds. The van der Waals surface area contributed by atoms with E-state index in [1.54, 1.807) is 37.3 Å². The zero-order valence-corrected chi connectivity index (χ0v) is 13.6. The van der Waals surface area contributed by atoms with E-state index >= 15 is 0 Å². The van der Waals surface area contributed by atoms with E-state index in [1.807, 2.05) is 0 Å². The Morgan fingerprint density at radius 1 is 1.43 bits per heavy atom. The third-order valence-corrected chi connectivity index (χ3v) is 3.97. The number of hydrogen-bond donors (Lipinski definition) is 1. The van der Waals surface area contributed by atoms with Gasteiger partial charge < -0.3 is 9.84 Å². The first-order valence-corrected chi connectivity index (χ1v) is 7.56. The minimum absolute atomic E-state index is 0.139. The van der Waals surface area contributed by atoms with Crippen LogP contribution in [-0.4, -0.2) is 23.7 Å². The van der Waals surface area contributed by atoms with E-state index in [2.05, 4.69) is 22.5 Å². The van der Waals surface area contributed by atoms with Crippen molar-refractivity contribution in [2.45, 2.75) is 31.6 Å². The predicted molar refractivity (Wildman–Crippen MR) is 84.1 cm³/mol. The number of halogens is 1. The van der Waals surface area contributed by atoms with Gasteiger partial charge in [0.2, 0.25) is 0 Å². The summed E-state index contributed by atoms with van der Waals surface area (Å²) >= 11 is 3.34. The maximum Gasteiger partial charge on any atom is 0.328 e. The van der Waals surface area contributed by atoms with Gasteiger partial charge in [-0.3, -0.25) is 9.59 Å². The Bertz CT molecular complexity index is 527. The van der Waals surface area contributed by atoms with Gasteiger partial charge >= 0.3 is 11.9 Å². The number of allylic oxidation sites excluding steroid dienone is 1. The molecule has 0 saturated heterocycles. The predicted octanol–water partition coefficient (Wildman–Crippen LogP) is 3.69. The van der Waals surface area contributed by atoms with Crippen LogP contribution in [0.1, 0.15) is 31.7 Å². The van der Waals surface area contributed by atoms with E-state index in [1.165, 1.54) is 0 Å². The second-order valence-corrected chi connectivity index (χ2v) is 5.45. The lowest BCUT2D eigenvalue weighted by Crippen LogP contribution is -2.45. The first kappa shape index (κ1) is 17.4. The summed E-state index contributed by atoms with van der Waals surface area (Å²) in [5.74, 6) is -1.93. The van der Waals surface area contributed by atoms with Gasteiger partial charge in [-0.25, -0.2) is 0 Å². The van der Waals surface area contributed by atoms with E-state index < -0.39 is 17.4 Å². The Hall–Kier alpha value is -1.62. The minimum Gasteiger partial charge on any atom is -0.480 e. The van der Waals surface area contributed by atoms with E-state index in [9.17, 15) is 14.7 Å². The van der Waals surface area contributed by atoms with E-state index in [-0.39, 0.29) is 13.0 Å². The molecule has 1 unspecified atom stereocenters. The van der Waals surface area contributed by atoms with Crippen molar-refractivity contribution in [1.82, 2.24) is 0 Å². The van der Waals surface area contributed by atoms with Crippen LogP contribution in [0.15, 0.2) is 41.4 Å². The van der Waals surface area contributed by atoms with Crippen LogP contribution in [0, 0.1) is 0 Å². The molecule has 1 aromatic rings. The Balaban J connectivity index is 3.36. The number of carbonyl (C=O) groups excluding carboxylic acids is 1. The van der Waals surface area contributed by atoms with E-state index in [0.29, 0.717) is 22.9 Å². The van der Waals surface area contributed by atoms with Crippen LogP contribution in [0.2, 0.25) is 0 Å². The molecule has 1 N–H and O–H groups in total. The van der Waals surface area contributed by atoms with E-state index in [4.69, 9.17) is 4.74 Å². The fourth-order valence-corrected chi connectivity index (χ4v) is 2.85. The SMILES string of the molecule is C=CCCCC(C(=O)O)(C(=O)OCC)c1ccccc1Br. The fraction of sp³-hybridized carbons (Fsp3) is 0.375. The van der Waals surface area contributed by atoms with Gasteiger partial charge in [0, 0.05) is 4.47 Å². The second-order valence-electron chi connectivity index (χ2n) is 4.59. The highest BCUT2D eigenvalue weighted by Gasteiger charge is 2.49. The lowest BCUT2D eigenvalue weighted by molar-refractivity contribution is -0.162. The smallest absolute Gasteiger partial charge is 0.328 e. The number of rotatable bonds is 8. The Kier molecular flexibility index (Phi) is 6.62. The third kappa shape index (κ3) is 3.73. The van der Waals surface area contributed by atoms with Gasteiger partial charge in [0.15, 0.2) is 5.41 Å². The molecular weight excluding hydrogens is 336 g/mol. The Morgan fingerprint density at radius 3 is 2.62 bits per heavy atom. The molecule has 0 aliphatic rings. The number of unbranched alkanes of at least 4 members (excludes halogenated alkanes) is 1. The molecule has 21 heavy (non-hydrogen) atoms. The van der Waals surface area contributed by atoms with Gasteiger partial charge in [-0.15, -0.1) is 6.58 Å². The highest BCUT2D eigenvalue weighted by Crippen LogP contribution is 2.36. The topological polar surface area (TPSA) is 63.6 Å². The van der Waals surface area contributed by atoms with Crippen molar-refractivity contribution in [3.05, 3.63) is 47.0 Å². The fourth-order valence-electron chi connectivity index (χ4n) is 2.23. The van der Waals surface area contributed by atoms with E-state index in [0.717, 1.165) is 0 Å². The van der Waals surface area contributed by atoms with Crippen molar-refractivity contribution in [3.63, 3.8) is 0 Å². The molecular formula is C16H19BrO4. The molecule has 1 atom stereocenters. The lowest BCUT2D eigenvalue weighted by Gasteiger charge is -2.28. The maximum absolute atomic E-state index is 12.4. The summed E-state index contributed by atoms with van der Waals surface area (Å²) in [4.78, 5) is 24.3. The molecule has 4 nitrogen and oxygen atoms in total. The lowest BCUT2D eigenvalue weighted by atomic mass is 9.76. The molecule has 0 fully saturated rings. The number of esters is 1. The van der Waals surface area contributed by atoms with Gasteiger partial charge in [0.05, 0.1) is 6.61 Å². The monoisotopic (exact) mass is 354 g/mol. The molecule has 0 aliphatic carbocycles. The van der Waals surface area contributed by atoms with Crippen molar-refractivity contribution in [2.24, 2.45) is 0 Å². The number of carboxylic acids is 1. The van der Waals surface area contributed by atoms with Crippen molar-refractivity contribution >= 4 is 27.9 Å². The van der Waals surface area contributed by atoms with Crippen LogP contribution in [0.4, 0.5) is 0 Å². The summed E-state index contributed by atoms with van der Waals surface area (Å²) in [5.41, 5.74) is -1.28. The van der Waals surface area contributed by atoms with Crippen molar-refractivity contribution in [3.8, 4) is 0 Å². The molecule has 114 valence electrons. The summed E-state index contributed by atoms with van der Waals surface area (Å²) in [7, 11) is 0. The van der Waals surface area contributed by atoms with Crippen molar-refractivity contribution in [1.29, 1.82) is 0 Å². The van der Waals surface area contributed by atoms with Gasteiger partial charge in [-0.1, -0.05) is 40.2 Å². The minimum atomic E-state index is -1.70. The first-order valence-electron chi connectivity index (χ1n) is 6.77. The van der Waals surface area contributed by atoms with Crippen LogP contribution in [0.5, 0.6) is 0 Å². The van der Waals surface area contributed by atoms with Crippen LogP contribution in [-0.2, 0) is 19.7 Å². The number of ether oxygens (including phenoxy) is 1. The first-order chi connectivity index (χ1) is 10.0. The average molecular weight is 355 g/mol. The second kappa shape index (κ2) is 7.98. The molecule has 0 aromatic heterocycles. The molecule has 0 saturated carbocycles. The van der Waals surface area contributed by atoms with Gasteiger partial charge in [0.1, 0.15) is 0 Å². The highest BCUT2D eigenvalue weighted by molar-refractivity contribution is 9.10. The summed E-state index contributed by atoms with van der Waals surface area (Å²) in [5, 5.41) is 9.75. The molecule has 0 aliphatic heterocycles. The summed E-state index contributed by atoms with van der Waals surface area (Å²) in [6.45, 7) is 5.42. The largest absolute Gasteiger partial charge is 0.480 e. The molecule has 5 heteroatoms. The molecule has 0 spiro atoms. The maximum atomic E-state index is 12.4. The van der Waals surface area contributed by atoms with Crippen LogP contribution in [0.3, 0.4) is 0 Å². The average Bonchev–Trinajstić information content (AvgIpc) is 2.44. The number of carboxylic acid groups (broad SMARTS) is 1. The standard InChI is InChI=1S/C16H19BrO4/c1-3-5-8-11-16(14(18)19,15(20)21-4-2)12-9-6-7-10-13(12)17/h3,6-7,9-10H,1,4-5,8,11H2,2H3,(H,18,19). The number of aliphatic carboxylic acids is 1. The quantitative estimate of drug-likeness (QED) is 0.334. The number of hydrogen-bond acceptors (Lipinski definition) is 3. The summed E-state index contributed by atoms with van der Waals surface area (Å²) < 4.78 is 5.62. The number of carbonyl (C=O) groups is 2. The number of benzene rings is 1. The molecule has 0 heterocycles. The molecule has 1 aromatic carbocycles. The molecule has 0 bridgehead atoms. The zero-order chi connectivity index (χ0) is 15.9. The highest BCUT2D eigenvalue weighted by atomic mass is 79.9. The van der Waals surface area contributed by atoms with Gasteiger partial charge in [0.25, 0.3) is 0 Å². The van der Waals surface area contributed by atoms with Gasteiger partial charge in [-0.2, -0.15) is 0 Å². The van der Waals surface area contributed by atoms with Crippen LogP contribution < -0.4 is 0 Å². The summed E-state index contributed by atoms with van der Waals surface area (Å²) in [6, 6.07) is 6.85. The Labute approximate surface area is 132 Å². The summed E-state index contributed by atoms with van der Waals surface area (Å²) in [6.07, 6.45) is 3.04. The van der Waals surface area contributed by atoms with Gasteiger partial charge in [-0.05, 0) is 37.8 Å². The Morgan fingerprint density at radius 2 is 2.10 bits per heavy atom.